The van der Waals surface area contributed by atoms with Crippen molar-refractivity contribution in [2.24, 2.45) is 0 Å². The number of halogens is 1. The number of rotatable bonds is 5. The summed E-state index contributed by atoms with van der Waals surface area (Å²) in [5.74, 6) is -0.127. The van der Waals surface area contributed by atoms with Crippen LogP contribution < -0.4 is 0 Å². The normalized spacial score (nSPS) is 20.4. The zero-order valence-corrected chi connectivity index (χ0v) is 13.8. The van der Waals surface area contributed by atoms with Crippen molar-refractivity contribution in [2.45, 2.75) is 39.0 Å². The summed E-state index contributed by atoms with van der Waals surface area (Å²) >= 11 is 1.65. The van der Waals surface area contributed by atoms with Crippen LogP contribution in [-0.2, 0) is 11.3 Å². The lowest BCUT2D eigenvalue weighted by Crippen LogP contribution is -2.27. The molecule has 3 rings (SSSR count). The first-order chi connectivity index (χ1) is 10.6. The summed E-state index contributed by atoms with van der Waals surface area (Å²) in [6.07, 6.45) is 1.19. The van der Waals surface area contributed by atoms with E-state index in [4.69, 9.17) is 4.74 Å². The van der Waals surface area contributed by atoms with E-state index >= 15 is 0 Å². The van der Waals surface area contributed by atoms with Crippen LogP contribution in [0.2, 0.25) is 0 Å². The van der Waals surface area contributed by atoms with Crippen LogP contribution in [0.4, 0.5) is 4.39 Å². The predicted molar refractivity (Wildman–Crippen MR) is 86.4 cm³/mol. The number of aryl methyl sites for hydroxylation is 1. The van der Waals surface area contributed by atoms with Crippen molar-refractivity contribution in [3.63, 3.8) is 0 Å². The summed E-state index contributed by atoms with van der Waals surface area (Å²) in [6, 6.07) is 7.10. The fourth-order valence-electron chi connectivity index (χ4n) is 2.93. The minimum absolute atomic E-state index is 0.0799. The second-order valence-corrected chi connectivity index (χ2v) is 6.83. The summed E-state index contributed by atoms with van der Waals surface area (Å²) in [7, 11) is 0. The van der Waals surface area contributed by atoms with Crippen molar-refractivity contribution in [3.05, 3.63) is 51.7 Å². The van der Waals surface area contributed by atoms with Gasteiger partial charge in [-0.15, -0.1) is 11.3 Å². The smallest absolute Gasteiger partial charge is 0.127 e. The Morgan fingerprint density at radius 2 is 2.27 bits per heavy atom. The van der Waals surface area contributed by atoms with Gasteiger partial charge in [0, 0.05) is 30.1 Å². The molecule has 0 saturated carbocycles. The molecular formula is C17H21FN2OS. The van der Waals surface area contributed by atoms with Gasteiger partial charge >= 0.3 is 0 Å². The quantitative estimate of drug-likeness (QED) is 0.834. The van der Waals surface area contributed by atoms with Gasteiger partial charge in [0.25, 0.3) is 0 Å². The van der Waals surface area contributed by atoms with Gasteiger partial charge in [0.15, 0.2) is 0 Å². The van der Waals surface area contributed by atoms with Gasteiger partial charge in [-0.3, -0.25) is 4.90 Å². The minimum atomic E-state index is -0.127. The monoisotopic (exact) mass is 320 g/mol. The lowest BCUT2D eigenvalue weighted by Gasteiger charge is -2.25. The van der Waals surface area contributed by atoms with Crippen LogP contribution in [0.3, 0.4) is 0 Å². The molecule has 22 heavy (non-hydrogen) atoms. The molecule has 2 heterocycles. The Kier molecular flexibility index (Phi) is 4.86. The molecule has 1 aromatic carbocycles. The Hall–Kier alpha value is -1.30. The third-order valence-electron chi connectivity index (χ3n) is 4.21. The van der Waals surface area contributed by atoms with Crippen LogP contribution in [0.5, 0.6) is 0 Å². The van der Waals surface area contributed by atoms with E-state index in [1.807, 2.05) is 24.4 Å². The third-order valence-corrected chi connectivity index (χ3v) is 5.04. The van der Waals surface area contributed by atoms with Crippen molar-refractivity contribution in [1.82, 2.24) is 9.88 Å². The number of thiazole rings is 1. The molecule has 1 fully saturated rings. The summed E-state index contributed by atoms with van der Waals surface area (Å²) in [6.45, 7) is 6.41. The first-order valence-corrected chi connectivity index (χ1v) is 8.52. The van der Waals surface area contributed by atoms with Gasteiger partial charge in [0.1, 0.15) is 5.82 Å². The van der Waals surface area contributed by atoms with E-state index in [2.05, 4.69) is 16.8 Å². The highest BCUT2D eigenvalue weighted by molar-refractivity contribution is 7.09. The van der Waals surface area contributed by atoms with Crippen molar-refractivity contribution < 1.29 is 9.13 Å². The molecule has 0 aliphatic carbocycles. The van der Waals surface area contributed by atoms with Crippen molar-refractivity contribution in [2.75, 3.05) is 13.1 Å². The fraction of sp³-hybridized carbons (Fsp3) is 0.471. The number of likely N-dealkylation sites (tertiary alicyclic amines) is 1. The zero-order valence-electron chi connectivity index (χ0n) is 13.0. The molecule has 5 heteroatoms. The van der Waals surface area contributed by atoms with Gasteiger partial charge in [-0.2, -0.15) is 0 Å². The maximum absolute atomic E-state index is 13.9. The number of ether oxygens (including phenoxy) is 1. The second kappa shape index (κ2) is 6.86. The molecule has 1 aliphatic heterocycles. The van der Waals surface area contributed by atoms with E-state index < -0.39 is 0 Å². The SMILES string of the molecule is Cc1nc(CO[C@@H]2CCN([C@H](C)c3ccccc3F)C2)cs1. The van der Waals surface area contributed by atoms with E-state index in [9.17, 15) is 4.39 Å². The van der Waals surface area contributed by atoms with Crippen molar-refractivity contribution in [1.29, 1.82) is 0 Å². The summed E-state index contributed by atoms with van der Waals surface area (Å²) in [5.41, 5.74) is 1.77. The molecule has 118 valence electrons. The zero-order chi connectivity index (χ0) is 15.5. The van der Waals surface area contributed by atoms with Crippen molar-refractivity contribution in [3.8, 4) is 0 Å². The highest BCUT2D eigenvalue weighted by Crippen LogP contribution is 2.27. The summed E-state index contributed by atoms with van der Waals surface area (Å²) in [4.78, 5) is 6.70. The lowest BCUT2D eigenvalue weighted by atomic mass is 10.1. The average molecular weight is 320 g/mol. The van der Waals surface area contributed by atoms with Crippen LogP contribution >= 0.6 is 11.3 Å². The molecule has 2 aromatic rings. The van der Waals surface area contributed by atoms with Gasteiger partial charge in [0.2, 0.25) is 0 Å². The molecule has 0 amide bonds. The standard InChI is InChI=1S/C17H21FN2OS/c1-12(16-5-3-4-6-17(16)18)20-8-7-15(9-20)21-10-14-11-22-13(2)19-14/h3-6,11-12,15H,7-10H2,1-2H3/t12-,15-/m1/s1. The molecule has 0 unspecified atom stereocenters. The number of nitrogens with zero attached hydrogens (tertiary/aromatic N) is 2. The molecular weight excluding hydrogens is 299 g/mol. The number of benzene rings is 1. The number of aromatic nitrogens is 1. The van der Waals surface area contributed by atoms with Crippen LogP contribution in [0, 0.1) is 12.7 Å². The Morgan fingerprint density at radius 3 is 3.00 bits per heavy atom. The largest absolute Gasteiger partial charge is 0.371 e. The topological polar surface area (TPSA) is 25.4 Å². The molecule has 0 radical (unpaired) electrons. The Balaban J connectivity index is 1.54. The first-order valence-electron chi connectivity index (χ1n) is 7.64. The number of hydrogen-bond acceptors (Lipinski definition) is 4. The maximum Gasteiger partial charge on any atom is 0.127 e. The summed E-state index contributed by atoms with van der Waals surface area (Å²) in [5, 5.41) is 3.11. The molecule has 1 saturated heterocycles. The minimum Gasteiger partial charge on any atom is -0.371 e. The first kappa shape index (κ1) is 15.6. The maximum atomic E-state index is 13.9. The van der Waals surface area contributed by atoms with Gasteiger partial charge < -0.3 is 4.74 Å². The van der Waals surface area contributed by atoms with Crippen LogP contribution in [0.1, 0.15) is 35.7 Å². The second-order valence-electron chi connectivity index (χ2n) is 5.77. The van der Waals surface area contributed by atoms with E-state index in [0.29, 0.717) is 6.61 Å². The highest BCUT2D eigenvalue weighted by Gasteiger charge is 2.28. The molecule has 0 bridgehead atoms. The van der Waals surface area contributed by atoms with Gasteiger partial charge in [0.05, 0.1) is 23.4 Å². The van der Waals surface area contributed by atoms with E-state index in [1.165, 1.54) is 6.07 Å². The Labute approximate surface area is 134 Å². The number of hydrogen-bond donors (Lipinski definition) is 0. The third kappa shape index (κ3) is 3.54. The molecule has 1 aliphatic rings. The molecule has 0 N–H and O–H groups in total. The van der Waals surface area contributed by atoms with Crippen LogP contribution in [0.15, 0.2) is 29.6 Å². The lowest BCUT2D eigenvalue weighted by molar-refractivity contribution is 0.0420. The molecule has 0 spiro atoms. The predicted octanol–water partition coefficient (Wildman–Crippen LogP) is 3.94. The van der Waals surface area contributed by atoms with Gasteiger partial charge in [-0.1, -0.05) is 18.2 Å². The fourth-order valence-corrected chi connectivity index (χ4v) is 3.53. The van der Waals surface area contributed by atoms with E-state index in [0.717, 1.165) is 35.8 Å². The Bertz CT molecular complexity index is 631. The van der Waals surface area contributed by atoms with Crippen LogP contribution in [0.25, 0.3) is 0 Å². The summed E-state index contributed by atoms with van der Waals surface area (Å²) < 4.78 is 19.9. The molecule has 1 aromatic heterocycles. The van der Waals surface area contributed by atoms with Crippen molar-refractivity contribution >= 4 is 11.3 Å². The van der Waals surface area contributed by atoms with Crippen LogP contribution in [-0.4, -0.2) is 29.1 Å². The molecule has 3 nitrogen and oxygen atoms in total. The highest BCUT2D eigenvalue weighted by atomic mass is 32.1. The van der Waals surface area contributed by atoms with Gasteiger partial charge in [-0.05, 0) is 26.3 Å². The molecule has 2 atom stereocenters. The Morgan fingerprint density at radius 1 is 1.45 bits per heavy atom. The van der Waals surface area contributed by atoms with E-state index in [-0.39, 0.29) is 18.0 Å². The van der Waals surface area contributed by atoms with Gasteiger partial charge in [-0.25, -0.2) is 9.37 Å². The van der Waals surface area contributed by atoms with E-state index in [1.54, 1.807) is 17.4 Å². The average Bonchev–Trinajstić information content (AvgIpc) is 3.14.